The molecule has 1 atom stereocenters. The number of hydrogen-bond donors (Lipinski definition) is 3. The van der Waals surface area contributed by atoms with Crippen molar-refractivity contribution in [3.05, 3.63) is 41.1 Å². The van der Waals surface area contributed by atoms with Crippen molar-refractivity contribution in [2.45, 2.75) is 10.9 Å². The molecule has 0 aromatic heterocycles. The molecule has 2 heterocycles. The molecule has 0 bridgehead atoms. The van der Waals surface area contributed by atoms with Crippen molar-refractivity contribution in [3.63, 3.8) is 0 Å². The molecule has 22 heavy (non-hydrogen) atoms. The summed E-state index contributed by atoms with van der Waals surface area (Å²) in [6.07, 6.45) is 2.00. The summed E-state index contributed by atoms with van der Waals surface area (Å²) in [5.74, 6) is -0.143. The van der Waals surface area contributed by atoms with E-state index in [2.05, 4.69) is 10.6 Å². The summed E-state index contributed by atoms with van der Waals surface area (Å²) in [7, 11) is 0. The van der Waals surface area contributed by atoms with Gasteiger partial charge in [-0.1, -0.05) is 12.1 Å². The Labute approximate surface area is 132 Å². The summed E-state index contributed by atoms with van der Waals surface area (Å²) >= 11 is 1.64. The Balaban J connectivity index is 1.94. The third-order valence-electron chi connectivity index (χ3n) is 3.84. The van der Waals surface area contributed by atoms with Gasteiger partial charge in [-0.25, -0.2) is 4.79 Å². The highest BCUT2D eigenvalue weighted by Crippen LogP contribution is 2.32. The van der Waals surface area contributed by atoms with E-state index in [1.807, 2.05) is 30.5 Å². The second-order valence-corrected chi connectivity index (χ2v) is 6.03. The van der Waals surface area contributed by atoms with E-state index >= 15 is 0 Å². The molecule has 0 spiro atoms. The minimum absolute atomic E-state index is 0.0965. The number of β-amino-alcohol motifs (C(OH)–C–C–N with tert-alkyl or cyclic N) is 1. The molecule has 1 aromatic rings. The minimum Gasteiger partial charge on any atom is -0.395 e. The van der Waals surface area contributed by atoms with Crippen molar-refractivity contribution in [2.24, 2.45) is 0 Å². The summed E-state index contributed by atoms with van der Waals surface area (Å²) in [4.78, 5) is 27.0. The lowest BCUT2D eigenvalue weighted by atomic mass is 9.96. The number of urea groups is 1. The van der Waals surface area contributed by atoms with Crippen molar-refractivity contribution >= 4 is 23.7 Å². The molecule has 3 N–H and O–H groups in total. The second-order valence-electron chi connectivity index (χ2n) is 5.15. The quantitative estimate of drug-likeness (QED) is 0.719. The highest BCUT2D eigenvalue weighted by molar-refractivity contribution is 7.98. The van der Waals surface area contributed by atoms with Gasteiger partial charge in [0.05, 0.1) is 30.5 Å². The van der Waals surface area contributed by atoms with Crippen LogP contribution < -0.4 is 10.6 Å². The van der Waals surface area contributed by atoms with E-state index in [0.717, 1.165) is 10.5 Å². The standard InChI is InChI=1S/C15H17N3O3S/c1-22-10-4-2-9(3-5-10)13-12-11(16-15(21)17-13)8-18(6-7-19)14(12)20/h2-5,13,19H,6-8H2,1H3,(H2,16,17,21)/t13-/m1/s1. The molecule has 0 radical (unpaired) electrons. The Hall–Kier alpha value is -1.99. The number of hydrogen-bond acceptors (Lipinski definition) is 4. The minimum atomic E-state index is -0.448. The van der Waals surface area contributed by atoms with Crippen LogP contribution in [0.5, 0.6) is 0 Å². The largest absolute Gasteiger partial charge is 0.395 e. The first-order valence-electron chi connectivity index (χ1n) is 6.98. The SMILES string of the molecule is CSc1ccc([C@H]2NC(=O)NC3=C2C(=O)N(CCO)C3)cc1. The predicted molar refractivity (Wildman–Crippen MR) is 83.3 cm³/mol. The summed E-state index contributed by atoms with van der Waals surface area (Å²) in [6, 6.07) is 7.04. The summed E-state index contributed by atoms with van der Waals surface area (Å²) in [5.41, 5.74) is 2.06. The predicted octanol–water partition coefficient (Wildman–Crippen LogP) is 0.851. The Morgan fingerprint density at radius 2 is 2.05 bits per heavy atom. The van der Waals surface area contributed by atoms with E-state index in [1.165, 1.54) is 0 Å². The van der Waals surface area contributed by atoms with Crippen LogP contribution in [-0.2, 0) is 4.79 Å². The summed E-state index contributed by atoms with van der Waals surface area (Å²) in [6.45, 7) is 0.502. The normalized spacial score (nSPS) is 20.8. The average molecular weight is 319 g/mol. The van der Waals surface area contributed by atoms with Gasteiger partial charge in [-0.05, 0) is 24.0 Å². The summed E-state index contributed by atoms with van der Waals surface area (Å²) in [5, 5.41) is 14.6. The number of amides is 3. The number of nitrogens with zero attached hydrogens (tertiary/aromatic N) is 1. The van der Waals surface area contributed by atoms with Gasteiger partial charge in [0.15, 0.2) is 0 Å². The van der Waals surface area contributed by atoms with Crippen LogP contribution in [0.1, 0.15) is 11.6 Å². The number of rotatable bonds is 4. The number of carbonyl (C=O) groups excluding carboxylic acids is 2. The molecule has 3 rings (SSSR count). The van der Waals surface area contributed by atoms with Gasteiger partial charge in [0.25, 0.3) is 5.91 Å². The maximum Gasteiger partial charge on any atom is 0.319 e. The van der Waals surface area contributed by atoms with Gasteiger partial charge in [0, 0.05) is 11.4 Å². The second kappa shape index (κ2) is 6.02. The fourth-order valence-electron chi connectivity index (χ4n) is 2.78. The lowest BCUT2D eigenvalue weighted by Gasteiger charge is -2.25. The van der Waals surface area contributed by atoms with Gasteiger partial charge in [-0.15, -0.1) is 11.8 Å². The number of aliphatic hydroxyl groups excluding tert-OH is 1. The lowest BCUT2D eigenvalue weighted by molar-refractivity contribution is -0.126. The van der Waals surface area contributed by atoms with Crippen LogP contribution >= 0.6 is 11.8 Å². The van der Waals surface area contributed by atoms with E-state index < -0.39 is 6.04 Å². The van der Waals surface area contributed by atoms with Gasteiger partial charge in [0.2, 0.25) is 0 Å². The fraction of sp³-hybridized carbons (Fsp3) is 0.333. The number of nitrogens with one attached hydrogen (secondary N) is 2. The fourth-order valence-corrected chi connectivity index (χ4v) is 3.18. The van der Waals surface area contributed by atoms with E-state index in [-0.39, 0.29) is 25.1 Å². The van der Waals surface area contributed by atoms with Gasteiger partial charge >= 0.3 is 6.03 Å². The molecule has 0 fully saturated rings. The van der Waals surface area contributed by atoms with Crippen LogP contribution in [0.15, 0.2) is 40.4 Å². The number of thioether (sulfide) groups is 1. The third-order valence-corrected chi connectivity index (χ3v) is 4.58. The molecule has 7 heteroatoms. The zero-order valence-electron chi connectivity index (χ0n) is 12.1. The Morgan fingerprint density at radius 1 is 1.32 bits per heavy atom. The molecule has 0 unspecified atom stereocenters. The van der Waals surface area contributed by atoms with Crippen molar-refractivity contribution < 1.29 is 14.7 Å². The smallest absolute Gasteiger partial charge is 0.319 e. The van der Waals surface area contributed by atoms with Crippen LogP contribution in [0.3, 0.4) is 0 Å². The van der Waals surface area contributed by atoms with Crippen molar-refractivity contribution in [1.29, 1.82) is 0 Å². The van der Waals surface area contributed by atoms with Gasteiger partial charge in [-0.2, -0.15) is 0 Å². The van der Waals surface area contributed by atoms with E-state index in [9.17, 15) is 9.59 Å². The first-order valence-corrected chi connectivity index (χ1v) is 8.21. The van der Waals surface area contributed by atoms with E-state index in [1.54, 1.807) is 16.7 Å². The van der Waals surface area contributed by atoms with Crippen molar-refractivity contribution in [1.82, 2.24) is 15.5 Å². The summed E-state index contributed by atoms with van der Waals surface area (Å²) < 4.78 is 0. The van der Waals surface area contributed by atoms with Crippen LogP contribution in [0.4, 0.5) is 4.79 Å². The average Bonchev–Trinajstić information content (AvgIpc) is 2.83. The van der Waals surface area contributed by atoms with Crippen molar-refractivity contribution in [2.75, 3.05) is 26.0 Å². The zero-order chi connectivity index (χ0) is 15.7. The monoisotopic (exact) mass is 319 g/mol. The Morgan fingerprint density at radius 3 is 2.68 bits per heavy atom. The third kappa shape index (κ3) is 2.57. The highest BCUT2D eigenvalue weighted by Gasteiger charge is 2.39. The Kier molecular flexibility index (Phi) is 4.08. The van der Waals surface area contributed by atoms with Crippen molar-refractivity contribution in [3.8, 4) is 0 Å². The molecule has 6 nitrogen and oxygen atoms in total. The molecule has 116 valence electrons. The maximum absolute atomic E-state index is 12.5. The van der Waals surface area contributed by atoms with E-state index in [4.69, 9.17) is 5.11 Å². The number of benzene rings is 1. The van der Waals surface area contributed by atoms with Crippen LogP contribution in [0, 0.1) is 0 Å². The molecule has 3 amide bonds. The molecule has 1 aromatic carbocycles. The lowest BCUT2D eigenvalue weighted by Crippen LogP contribution is -2.44. The van der Waals surface area contributed by atoms with Crippen LogP contribution in [-0.4, -0.2) is 47.9 Å². The number of carbonyl (C=O) groups is 2. The topological polar surface area (TPSA) is 81.7 Å². The molecule has 0 aliphatic carbocycles. The Bertz CT molecular complexity index is 642. The molecular weight excluding hydrogens is 302 g/mol. The first-order chi connectivity index (χ1) is 10.6. The molecule has 0 saturated heterocycles. The molecule has 2 aliphatic heterocycles. The first kappa shape index (κ1) is 14.9. The van der Waals surface area contributed by atoms with Gasteiger partial charge in [-0.3, -0.25) is 4.79 Å². The molecule has 0 saturated carbocycles. The molecule has 2 aliphatic rings. The van der Waals surface area contributed by atoms with Crippen LogP contribution in [0.2, 0.25) is 0 Å². The highest BCUT2D eigenvalue weighted by atomic mass is 32.2. The van der Waals surface area contributed by atoms with Gasteiger partial charge < -0.3 is 20.6 Å². The maximum atomic E-state index is 12.5. The van der Waals surface area contributed by atoms with Gasteiger partial charge in [0.1, 0.15) is 0 Å². The molecular formula is C15H17N3O3S. The number of aliphatic hydroxyl groups is 1. The van der Waals surface area contributed by atoms with E-state index in [0.29, 0.717) is 17.8 Å². The zero-order valence-corrected chi connectivity index (χ0v) is 12.9. The van der Waals surface area contributed by atoms with Crippen LogP contribution in [0.25, 0.3) is 0 Å².